The maximum absolute atomic E-state index is 6.88. The van der Waals surface area contributed by atoms with Crippen molar-refractivity contribution in [3.05, 3.63) is 10.4 Å². The Hall–Kier alpha value is 0.556. The minimum absolute atomic E-state index is 1.25. The van der Waals surface area contributed by atoms with Crippen molar-refractivity contribution in [3.63, 3.8) is 0 Å². The van der Waals surface area contributed by atoms with E-state index in [1.54, 1.807) is 0 Å². The van der Waals surface area contributed by atoms with Gasteiger partial charge in [0.2, 0.25) is 0 Å². The summed E-state index contributed by atoms with van der Waals surface area (Å²) in [4.78, 5) is 0. The van der Waals surface area contributed by atoms with Gasteiger partial charge in [-0.15, -0.1) is 0 Å². The van der Waals surface area contributed by atoms with Gasteiger partial charge in [-0.05, 0) is 0 Å². The molecule has 0 saturated carbocycles. The number of unbranched alkanes of at least 4 members (excludes halogenated alkanes) is 3. The summed E-state index contributed by atoms with van der Waals surface area (Å²) in [7, 11) is -1.55. The maximum atomic E-state index is 6.88. The molecule has 0 spiro atoms. The SMILES string of the molecule is C=[C](O[Si](CC)(CC)CC)[Sn]([CH2]CCC)([CH2]CCC)[CH2]CCC. The zero-order valence-corrected chi connectivity index (χ0v) is 21.0. The van der Waals surface area contributed by atoms with Crippen LogP contribution in [0.25, 0.3) is 0 Å². The van der Waals surface area contributed by atoms with Crippen LogP contribution < -0.4 is 0 Å². The van der Waals surface area contributed by atoms with E-state index in [0.29, 0.717) is 0 Å². The molecule has 0 saturated heterocycles. The van der Waals surface area contributed by atoms with Crippen LogP contribution in [0, 0.1) is 0 Å². The van der Waals surface area contributed by atoms with Crippen LogP contribution in [0.2, 0.25) is 31.4 Å². The Morgan fingerprint density at radius 3 is 1.35 bits per heavy atom. The van der Waals surface area contributed by atoms with Crippen molar-refractivity contribution in [2.24, 2.45) is 0 Å². The van der Waals surface area contributed by atoms with Crippen molar-refractivity contribution in [3.8, 4) is 0 Å². The molecule has 3 heteroatoms. The molecule has 0 aromatic heterocycles. The molecule has 0 heterocycles. The molecule has 0 unspecified atom stereocenters. The molecule has 0 atom stereocenters. The van der Waals surface area contributed by atoms with Crippen LogP contribution in [0.1, 0.15) is 80.1 Å². The van der Waals surface area contributed by atoms with Gasteiger partial charge in [-0.1, -0.05) is 0 Å². The fraction of sp³-hybridized carbons (Fsp3) is 0.900. The molecule has 0 amide bonds. The normalized spacial score (nSPS) is 12.4. The Morgan fingerprint density at radius 1 is 0.739 bits per heavy atom. The van der Waals surface area contributed by atoms with Crippen LogP contribution in [0.3, 0.4) is 0 Å². The van der Waals surface area contributed by atoms with Crippen LogP contribution in [0.4, 0.5) is 0 Å². The second-order valence-corrected chi connectivity index (χ2v) is 25.2. The van der Waals surface area contributed by atoms with E-state index >= 15 is 0 Å². The predicted molar refractivity (Wildman–Crippen MR) is 112 cm³/mol. The Labute approximate surface area is 152 Å². The molecule has 0 bridgehead atoms. The molecule has 138 valence electrons. The van der Waals surface area contributed by atoms with Gasteiger partial charge in [0.15, 0.2) is 0 Å². The Kier molecular flexibility index (Phi) is 13.2. The summed E-state index contributed by atoms with van der Waals surface area (Å²) in [6.45, 7) is 18.7. The van der Waals surface area contributed by atoms with Gasteiger partial charge >= 0.3 is 153 Å². The monoisotopic (exact) mass is 448 g/mol. The van der Waals surface area contributed by atoms with Crippen molar-refractivity contribution in [2.75, 3.05) is 0 Å². The number of hydrogen-bond acceptors (Lipinski definition) is 1. The first-order chi connectivity index (χ1) is 11.0. The van der Waals surface area contributed by atoms with Gasteiger partial charge in [-0.2, -0.15) is 0 Å². The summed E-state index contributed by atoms with van der Waals surface area (Å²) in [5, 5.41) is 0. The first kappa shape index (κ1) is 23.6. The zero-order chi connectivity index (χ0) is 17.8. The Bertz CT molecular complexity index is 283. The van der Waals surface area contributed by atoms with E-state index in [1.807, 2.05) is 0 Å². The van der Waals surface area contributed by atoms with Gasteiger partial charge in [0.05, 0.1) is 0 Å². The second-order valence-electron chi connectivity index (χ2n) is 7.36. The minimum atomic E-state index is -2.39. The van der Waals surface area contributed by atoms with Crippen molar-refractivity contribution >= 4 is 26.7 Å². The van der Waals surface area contributed by atoms with Crippen LogP contribution in [-0.4, -0.2) is 26.7 Å². The standard InChI is InChI=1S/C8H17OSi.3C4H9.Sn/c1-5-9-10(6-2,7-3)8-4;3*1-3-4-2;/h1,6-8H2,2-4H3;3*1,3-4H2,2H3;. The Balaban J connectivity index is 5.35. The fourth-order valence-corrected chi connectivity index (χ4v) is 23.4. The molecule has 0 rings (SSSR count). The molecule has 0 aromatic rings. The average molecular weight is 447 g/mol. The van der Waals surface area contributed by atoms with Crippen molar-refractivity contribution in [1.82, 2.24) is 0 Å². The topological polar surface area (TPSA) is 9.23 Å². The van der Waals surface area contributed by atoms with Crippen LogP contribution in [0.15, 0.2) is 10.4 Å². The third-order valence-corrected chi connectivity index (χ3v) is 25.9. The molecular formula is C20H44OSiSn. The molecule has 0 aliphatic rings. The summed E-state index contributed by atoms with van der Waals surface area (Å²) in [5.41, 5.74) is 0. The third kappa shape index (κ3) is 7.54. The van der Waals surface area contributed by atoms with E-state index < -0.39 is 26.7 Å². The zero-order valence-electron chi connectivity index (χ0n) is 17.1. The molecular weight excluding hydrogens is 403 g/mol. The van der Waals surface area contributed by atoms with Crippen molar-refractivity contribution in [2.45, 2.75) is 112 Å². The summed E-state index contributed by atoms with van der Waals surface area (Å²) < 4.78 is 12.7. The van der Waals surface area contributed by atoms with Crippen molar-refractivity contribution < 1.29 is 4.43 Å². The summed E-state index contributed by atoms with van der Waals surface area (Å²) in [6.07, 6.45) is 8.15. The Morgan fingerprint density at radius 2 is 1.09 bits per heavy atom. The molecule has 1 nitrogen and oxygen atoms in total. The predicted octanol–water partition coefficient (Wildman–Crippen LogP) is 7.91. The molecule has 0 aliphatic heterocycles. The summed E-state index contributed by atoms with van der Waals surface area (Å²) in [6, 6.07) is 3.74. The number of hydrogen-bond donors (Lipinski definition) is 0. The first-order valence-corrected chi connectivity index (χ1v) is 20.4. The molecule has 0 radical (unpaired) electrons. The average Bonchev–Trinajstić information content (AvgIpc) is 2.59. The molecule has 23 heavy (non-hydrogen) atoms. The van der Waals surface area contributed by atoms with E-state index in [1.165, 1.54) is 73.7 Å². The van der Waals surface area contributed by atoms with Crippen LogP contribution in [-0.2, 0) is 4.43 Å². The van der Waals surface area contributed by atoms with Gasteiger partial charge in [-0.3, -0.25) is 0 Å². The third-order valence-electron chi connectivity index (χ3n) is 5.89. The molecule has 0 aliphatic carbocycles. The van der Waals surface area contributed by atoms with Crippen LogP contribution >= 0.6 is 0 Å². The summed E-state index contributed by atoms with van der Waals surface area (Å²) in [5.74, 6) is 0. The van der Waals surface area contributed by atoms with E-state index in [0.717, 1.165) is 0 Å². The van der Waals surface area contributed by atoms with Gasteiger partial charge < -0.3 is 0 Å². The van der Waals surface area contributed by atoms with Crippen molar-refractivity contribution in [1.29, 1.82) is 0 Å². The fourth-order valence-electron chi connectivity index (χ4n) is 3.67. The van der Waals surface area contributed by atoms with Gasteiger partial charge in [0, 0.05) is 0 Å². The number of rotatable bonds is 15. The van der Waals surface area contributed by atoms with Gasteiger partial charge in [-0.25, -0.2) is 0 Å². The first-order valence-electron chi connectivity index (χ1n) is 10.4. The van der Waals surface area contributed by atoms with E-state index in [4.69, 9.17) is 4.43 Å². The second kappa shape index (κ2) is 12.9. The van der Waals surface area contributed by atoms with Crippen LogP contribution in [0.5, 0.6) is 0 Å². The summed E-state index contributed by atoms with van der Waals surface area (Å²) >= 11 is -2.39. The molecule has 0 fully saturated rings. The van der Waals surface area contributed by atoms with Gasteiger partial charge in [0.25, 0.3) is 0 Å². The van der Waals surface area contributed by atoms with Gasteiger partial charge in [0.1, 0.15) is 0 Å². The van der Waals surface area contributed by atoms with E-state index in [2.05, 4.69) is 48.1 Å². The quantitative estimate of drug-likeness (QED) is 0.183. The van der Waals surface area contributed by atoms with E-state index in [9.17, 15) is 0 Å². The van der Waals surface area contributed by atoms with E-state index in [-0.39, 0.29) is 0 Å². The molecule has 0 N–H and O–H groups in total. The molecule has 0 aromatic carbocycles.